The summed E-state index contributed by atoms with van der Waals surface area (Å²) in [4.78, 5) is 17.9. The van der Waals surface area contributed by atoms with Crippen LogP contribution in [0.1, 0.15) is 29.9 Å². The van der Waals surface area contributed by atoms with Crippen molar-refractivity contribution in [1.29, 1.82) is 5.26 Å². The standard InChI is InChI=1S/C20H15N5O2S/c1-20(2)9-13-16(18(26)11(20)10-21)17(14-7-8-22-27-14)24-25(13)19-23-12-5-3-4-6-15(12)28-19/h3-8,11H,9H2,1-2H3. The molecule has 28 heavy (non-hydrogen) atoms. The fourth-order valence-electron chi connectivity index (χ4n) is 3.76. The van der Waals surface area contributed by atoms with Crippen LogP contribution in [-0.2, 0) is 6.42 Å². The maximum absolute atomic E-state index is 13.2. The Morgan fingerprint density at radius 3 is 2.86 bits per heavy atom. The van der Waals surface area contributed by atoms with Crippen LogP contribution in [0.3, 0.4) is 0 Å². The average Bonchev–Trinajstić information content (AvgIpc) is 3.38. The molecule has 0 N–H and O–H groups in total. The third-order valence-electron chi connectivity index (χ3n) is 5.16. The minimum absolute atomic E-state index is 0.229. The number of hydrogen-bond donors (Lipinski definition) is 0. The molecule has 1 aromatic carbocycles. The second kappa shape index (κ2) is 5.84. The van der Waals surface area contributed by atoms with Gasteiger partial charge in [-0.15, -0.1) is 0 Å². The topological polar surface area (TPSA) is 97.6 Å². The lowest BCUT2D eigenvalue weighted by atomic mass is 9.68. The first-order valence-corrected chi connectivity index (χ1v) is 9.64. The summed E-state index contributed by atoms with van der Waals surface area (Å²) in [7, 11) is 0. The van der Waals surface area contributed by atoms with Gasteiger partial charge in [-0.1, -0.05) is 42.5 Å². The molecule has 0 spiro atoms. The first-order valence-electron chi connectivity index (χ1n) is 8.82. The summed E-state index contributed by atoms with van der Waals surface area (Å²) in [6.07, 6.45) is 2.04. The van der Waals surface area contributed by atoms with E-state index < -0.39 is 11.3 Å². The van der Waals surface area contributed by atoms with E-state index in [9.17, 15) is 10.1 Å². The maximum Gasteiger partial charge on any atom is 0.211 e. The van der Waals surface area contributed by atoms with E-state index in [2.05, 4.69) is 16.3 Å². The van der Waals surface area contributed by atoms with Gasteiger partial charge in [0.25, 0.3) is 0 Å². The third kappa shape index (κ3) is 2.33. The van der Waals surface area contributed by atoms with Crippen molar-refractivity contribution in [2.24, 2.45) is 11.3 Å². The van der Waals surface area contributed by atoms with Crippen molar-refractivity contribution in [2.45, 2.75) is 20.3 Å². The summed E-state index contributed by atoms with van der Waals surface area (Å²) in [6, 6.07) is 11.7. The van der Waals surface area contributed by atoms with Gasteiger partial charge in [-0.05, 0) is 24.0 Å². The molecular formula is C20H15N5O2S. The Morgan fingerprint density at radius 2 is 2.14 bits per heavy atom. The fraction of sp³-hybridized carbons (Fsp3) is 0.250. The van der Waals surface area contributed by atoms with Gasteiger partial charge in [0.05, 0.1) is 33.7 Å². The number of nitrogens with zero attached hydrogens (tertiary/aromatic N) is 5. The summed E-state index contributed by atoms with van der Waals surface area (Å²) >= 11 is 1.51. The van der Waals surface area contributed by atoms with Crippen molar-refractivity contribution < 1.29 is 9.32 Å². The molecule has 1 aliphatic rings. The van der Waals surface area contributed by atoms with E-state index in [0.29, 0.717) is 28.6 Å². The van der Waals surface area contributed by atoms with Crippen LogP contribution in [0, 0.1) is 22.7 Å². The lowest BCUT2D eigenvalue weighted by Gasteiger charge is -2.33. The van der Waals surface area contributed by atoms with Gasteiger partial charge in [0.1, 0.15) is 11.6 Å². The number of nitriles is 1. The van der Waals surface area contributed by atoms with Crippen molar-refractivity contribution in [3.05, 3.63) is 47.8 Å². The highest BCUT2D eigenvalue weighted by Crippen LogP contribution is 2.43. The number of Topliss-reactive ketones (excluding diaryl/α,β-unsaturated/α-hetero) is 1. The van der Waals surface area contributed by atoms with E-state index in [0.717, 1.165) is 15.9 Å². The molecule has 0 amide bonds. The zero-order chi connectivity index (χ0) is 19.5. The monoisotopic (exact) mass is 389 g/mol. The normalized spacial score (nSPS) is 18.2. The summed E-state index contributed by atoms with van der Waals surface area (Å²) in [6.45, 7) is 3.87. The van der Waals surface area contributed by atoms with E-state index in [-0.39, 0.29) is 5.78 Å². The Hall–Kier alpha value is -3.31. The van der Waals surface area contributed by atoms with Crippen molar-refractivity contribution in [1.82, 2.24) is 19.9 Å². The molecule has 1 atom stereocenters. The zero-order valence-electron chi connectivity index (χ0n) is 15.2. The second-order valence-electron chi connectivity index (χ2n) is 7.51. The number of fused-ring (bicyclic) bond motifs is 2. The molecule has 5 rings (SSSR count). The molecule has 0 bridgehead atoms. The minimum atomic E-state index is -0.741. The zero-order valence-corrected chi connectivity index (χ0v) is 16.0. The van der Waals surface area contributed by atoms with Gasteiger partial charge < -0.3 is 4.52 Å². The van der Waals surface area contributed by atoms with Crippen LogP contribution >= 0.6 is 11.3 Å². The van der Waals surface area contributed by atoms with Gasteiger partial charge in [-0.2, -0.15) is 10.4 Å². The van der Waals surface area contributed by atoms with Gasteiger partial charge in [0, 0.05) is 6.07 Å². The van der Waals surface area contributed by atoms with Crippen LogP contribution in [0.4, 0.5) is 0 Å². The summed E-state index contributed by atoms with van der Waals surface area (Å²) < 4.78 is 8.05. The number of hydrogen-bond acceptors (Lipinski definition) is 7. The highest BCUT2D eigenvalue weighted by Gasteiger charge is 2.46. The summed E-state index contributed by atoms with van der Waals surface area (Å²) in [5.41, 5.74) is 1.97. The molecule has 138 valence electrons. The number of carbonyl (C=O) groups excluding carboxylic acids is 1. The average molecular weight is 389 g/mol. The highest BCUT2D eigenvalue weighted by atomic mass is 32.1. The Kier molecular flexibility index (Phi) is 3.51. The van der Waals surface area contributed by atoms with Crippen LogP contribution < -0.4 is 0 Å². The van der Waals surface area contributed by atoms with Crippen LogP contribution in [0.2, 0.25) is 0 Å². The quantitative estimate of drug-likeness (QED) is 0.513. The van der Waals surface area contributed by atoms with Crippen molar-refractivity contribution in [3.8, 4) is 22.7 Å². The predicted octanol–water partition coefficient (Wildman–Crippen LogP) is 4.04. The van der Waals surface area contributed by atoms with Gasteiger partial charge in [0.15, 0.2) is 11.5 Å². The fourth-order valence-corrected chi connectivity index (χ4v) is 4.70. The van der Waals surface area contributed by atoms with Gasteiger partial charge >= 0.3 is 0 Å². The molecule has 0 aliphatic heterocycles. The molecule has 3 heterocycles. The largest absolute Gasteiger partial charge is 0.355 e. The molecule has 0 fully saturated rings. The van der Waals surface area contributed by atoms with E-state index in [1.165, 1.54) is 17.5 Å². The third-order valence-corrected chi connectivity index (χ3v) is 6.17. The number of carbonyl (C=O) groups is 1. The number of rotatable bonds is 2. The van der Waals surface area contributed by atoms with Gasteiger partial charge in [-0.25, -0.2) is 9.67 Å². The Labute approximate surface area is 164 Å². The first kappa shape index (κ1) is 16.8. The molecule has 8 heteroatoms. The molecule has 0 radical (unpaired) electrons. The Morgan fingerprint density at radius 1 is 1.32 bits per heavy atom. The molecule has 1 unspecified atom stereocenters. The van der Waals surface area contributed by atoms with E-state index in [4.69, 9.17) is 9.51 Å². The van der Waals surface area contributed by atoms with Crippen LogP contribution in [0.5, 0.6) is 0 Å². The number of aromatic nitrogens is 4. The van der Waals surface area contributed by atoms with Crippen LogP contribution in [-0.4, -0.2) is 25.7 Å². The second-order valence-corrected chi connectivity index (χ2v) is 8.52. The highest BCUT2D eigenvalue weighted by molar-refractivity contribution is 7.20. The minimum Gasteiger partial charge on any atom is -0.355 e. The first-order chi connectivity index (χ1) is 13.5. The lowest BCUT2D eigenvalue weighted by molar-refractivity contribution is 0.0835. The molecular weight excluding hydrogens is 374 g/mol. The molecule has 3 aromatic heterocycles. The van der Waals surface area contributed by atoms with Crippen LogP contribution in [0.25, 0.3) is 26.8 Å². The lowest BCUT2D eigenvalue weighted by Crippen LogP contribution is -2.37. The smallest absolute Gasteiger partial charge is 0.211 e. The molecule has 7 nitrogen and oxygen atoms in total. The number of benzene rings is 1. The number of thiazole rings is 1. The van der Waals surface area contributed by atoms with Crippen LogP contribution in [0.15, 0.2) is 41.1 Å². The Balaban J connectivity index is 1.79. The molecule has 0 saturated heterocycles. The van der Waals surface area contributed by atoms with E-state index >= 15 is 0 Å². The predicted molar refractivity (Wildman–Crippen MR) is 103 cm³/mol. The molecule has 4 aromatic rings. The van der Waals surface area contributed by atoms with Crippen molar-refractivity contribution >= 4 is 27.3 Å². The molecule has 1 aliphatic carbocycles. The summed E-state index contributed by atoms with van der Waals surface area (Å²) in [5.74, 6) is -0.567. The molecule has 0 saturated carbocycles. The van der Waals surface area contributed by atoms with Gasteiger partial charge in [0.2, 0.25) is 5.13 Å². The van der Waals surface area contributed by atoms with Gasteiger partial charge in [-0.3, -0.25) is 4.79 Å². The summed E-state index contributed by atoms with van der Waals surface area (Å²) in [5, 5.41) is 18.7. The van der Waals surface area contributed by atoms with Crippen molar-refractivity contribution in [3.63, 3.8) is 0 Å². The van der Waals surface area contributed by atoms with Crippen molar-refractivity contribution in [2.75, 3.05) is 0 Å². The SMILES string of the molecule is CC1(C)Cc2c(c(-c3ccno3)nn2-c2nc3ccccc3s2)C(=O)C1C#N. The Bertz CT molecular complexity index is 1230. The van der Waals surface area contributed by atoms with E-state index in [1.54, 1.807) is 10.7 Å². The number of ketones is 1. The maximum atomic E-state index is 13.2. The van der Waals surface area contributed by atoms with E-state index in [1.807, 2.05) is 38.1 Å². The number of para-hydroxylation sites is 1.